The summed E-state index contributed by atoms with van der Waals surface area (Å²) in [6, 6.07) is 12.5. The number of anilines is 2. The molecule has 2 aromatic rings. The smallest absolute Gasteiger partial charge is 0.229 e. The fourth-order valence-corrected chi connectivity index (χ4v) is 3.52. The Balaban J connectivity index is 1.74. The number of hydrogen-bond donors (Lipinski definition) is 1. The van der Waals surface area contributed by atoms with E-state index in [0.29, 0.717) is 28.7 Å². The standard InChI is InChI=1S/C18H16BrClN2O3/c1-25-16-5-3-2-4-15(16)22-10-11(8-17(22)23)18(24)21-14-7-6-12(19)9-13(14)20/h2-7,9,11H,8,10H2,1H3,(H,21,24). The molecule has 1 atom stereocenters. The number of hydrogen-bond acceptors (Lipinski definition) is 3. The minimum atomic E-state index is -0.447. The predicted molar refractivity (Wildman–Crippen MR) is 101 cm³/mol. The van der Waals surface area contributed by atoms with E-state index in [0.717, 1.165) is 4.47 Å². The maximum absolute atomic E-state index is 12.5. The Morgan fingerprint density at radius 3 is 2.80 bits per heavy atom. The average molecular weight is 424 g/mol. The van der Waals surface area contributed by atoms with E-state index < -0.39 is 5.92 Å². The molecule has 130 valence electrons. The number of ether oxygens (including phenoxy) is 1. The number of rotatable bonds is 4. The predicted octanol–water partition coefficient (Wildman–Crippen LogP) is 4.10. The molecule has 3 rings (SSSR count). The third-order valence-corrected chi connectivity index (χ3v) is 4.87. The quantitative estimate of drug-likeness (QED) is 0.805. The normalized spacial score (nSPS) is 16.8. The van der Waals surface area contributed by atoms with Crippen LogP contribution in [0.15, 0.2) is 46.9 Å². The Morgan fingerprint density at radius 1 is 1.32 bits per heavy atom. The molecule has 0 saturated carbocycles. The summed E-state index contributed by atoms with van der Waals surface area (Å²) in [6.45, 7) is 0.305. The molecule has 1 heterocycles. The van der Waals surface area contributed by atoms with Gasteiger partial charge in [-0.05, 0) is 30.3 Å². The lowest BCUT2D eigenvalue weighted by molar-refractivity contribution is -0.122. The molecule has 0 radical (unpaired) electrons. The number of methoxy groups -OCH3 is 1. The van der Waals surface area contributed by atoms with Crippen molar-refractivity contribution >= 4 is 50.7 Å². The highest BCUT2D eigenvalue weighted by Gasteiger charge is 2.36. The van der Waals surface area contributed by atoms with Crippen LogP contribution in [0.1, 0.15) is 6.42 Å². The van der Waals surface area contributed by atoms with E-state index in [1.165, 1.54) is 0 Å². The number of para-hydroxylation sites is 2. The van der Waals surface area contributed by atoms with Gasteiger partial charge in [-0.15, -0.1) is 0 Å². The molecule has 1 aliphatic heterocycles. The Bertz CT molecular complexity index is 828. The number of carbonyl (C=O) groups is 2. The minimum absolute atomic E-state index is 0.105. The number of benzene rings is 2. The number of nitrogens with zero attached hydrogens (tertiary/aromatic N) is 1. The van der Waals surface area contributed by atoms with Crippen LogP contribution in [0.4, 0.5) is 11.4 Å². The van der Waals surface area contributed by atoms with E-state index in [2.05, 4.69) is 21.2 Å². The van der Waals surface area contributed by atoms with Crippen LogP contribution < -0.4 is 15.0 Å². The molecule has 0 aromatic heterocycles. The second-order valence-electron chi connectivity index (χ2n) is 5.69. The maximum atomic E-state index is 12.5. The van der Waals surface area contributed by atoms with Gasteiger partial charge in [0.15, 0.2) is 0 Å². The molecule has 2 aromatic carbocycles. The molecule has 0 aliphatic carbocycles. The summed E-state index contributed by atoms with van der Waals surface area (Å²) in [4.78, 5) is 26.5. The van der Waals surface area contributed by atoms with Crippen LogP contribution in [-0.4, -0.2) is 25.5 Å². The zero-order valence-electron chi connectivity index (χ0n) is 13.5. The minimum Gasteiger partial charge on any atom is -0.495 e. The van der Waals surface area contributed by atoms with Gasteiger partial charge in [0.2, 0.25) is 11.8 Å². The number of halogens is 2. The van der Waals surface area contributed by atoms with Crippen LogP contribution >= 0.6 is 27.5 Å². The Labute approximate surface area is 159 Å². The van der Waals surface area contributed by atoms with Crippen molar-refractivity contribution in [2.75, 3.05) is 23.9 Å². The molecule has 1 fully saturated rings. The van der Waals surface area contributed by atoms with Gasteiger partial charge in [-0.3, -0.25) is 9.59 Å². The third-order valence-electron chi connectivity index (χ3n) is 4.06. The van der Waals surface area contributed by atoms with E-state index in [-0.39, 0.29) is 18.2 Å². The SMILES string of the molecule is COc1ccccc1N1CC(C(=O)Nc2ccc(Br)cc2Cl)CC1=O. The van der Waals surface area contributed by atoms with Gasteiger partial charge in [-0.25, -0.2) is 0 Å². The van der Waals surface area contributed by atoms with Crippen LogP contribution in [0.2, 0.25) is 5.02 Å². The van der Waals surface area contributed by atoms with Crippen molar-refractivity contribution in [2.45, 2.75) is 6.42 Å². The second-order valence-corrected chi connectivity index (χ2v) is 7.01. The van der Waals surface area contributed by atoms with Gasteiger partial charge in [-0.1, -0.05) is 39.7 Å². The molecular formula is C18H16BrClN2O3. The highest BCUT2D eigenvalue weighted by Crippen LogP contribution is 2.33. The molecule has 1 saturated heterocycles. The van der Waals surface area contributed by atoms with Crippen molar-refractivity contribution in [3.63, 3.8) is 0 Å². The summed E-state index contributed by atoms with van der Waals surface area (Å²) in [5, 5.41) is 3.24. The second kappa shape index (κ2) is 7.45. The topological polar surface area (TPSA) is 58.6 Å². The Hall–Kier alpha value is -2.05. The van der Waals surface area contributed by atoms with Gasteiger partial charge < -0.3 is 15.0 Å². The molecule has 1 N–H and O–H groups in total. The molecule has 0 bridgehead atoms. The monoisotopic (exact) mass is 422 g/mol. The van der Waals surface area contributed by atoms with E-state index in [1.807, 2.05) is 18.2 Å². The van der Waals surface area contributed by atoms with Gasteiger partial charge in [0, 0.05) is 17.4 Å². The van der Waals surface area contributed by atoms with Gasteiger partial charge in [0.05, 0.1) is 29.4 Å². The van der Waals surface area contributed by atoms with Crippen LogP contribution in [0, 0.1) is 5.92 Å². The average Bonchev–Trinajstić information content (AvgIpc) is 2.99. The molecule has 1 aliphatic rings. The number of nitrogens with one attached hydrogen (secondary N) is 1. The van der Waals surface area contributed by atoms with Crippen molar-refractivity contribution < 1.29 is 14.3 Å². The first-order chi connectivity index (χ1) is 12.0. The molecule has 1 unspecified atom stereocenters. The number of amides is 2. The van der Waals surface area contributed by atoms with Crippen molar-refractivity contribution in [2.24, 2.45) is 5.92 Å². The largest absolute Gasteiger partial charge is 0.495 e. The van der Waals surface area contributed by atoms with Crippen molar-refractivity contribution in [3.8, 4) is 5.75 Å². The van der Waals surface area contributed by atoms with Crippen molar-refractivity contribution in [1.29, 1.82) is 0 Å². The number of carbonyl (C=O) groups excluding carboxylic acids is 2. The lowest BCUT2D eigenvalue weighted by atomic mass is 10.1. The van der Waals surface area contributed by atoms with Crippen molar-refractivity contribution in [3.05, 3.63) is 52.0 Å². The highest BCUT2D eigenvalue weighted by atomic mass is 79.9. The van der Waals surface area contributed by atoms with Gasteiger partial charge in [-0.2, -0.15) is 0 Å². The highest BCUT2D eigenvalue weighted by molar-refractivity contribution is 9.10. The Kier molecular flexibility index (Phi) is 5.30. The maximum Gasteiger partial charge on any atom is 0.229 e. The lowest BCUT2D eigenvalue weighted by Crippen LogP contribution is -2.28. The van der Waals surface area contributed by atoms with Crippen LogP contribution in [-0.2, 0) is 9.59 Å². The molecule has 5 nitrogen and oxygen atoms in total. The van der Waals surface area contributed by atoms with E-state index in [4.69, 9.17) is 16.3 Å². The van der Waals surface area contributed by atoms with E-state index in [1.54, 1.807) is 36.3 Å². The molecule has 7 heteroatoms. The fourth-order valence-electron chi connectivity index (χ4n) is 2.79. The van der Waals surface area contributed by atoms with E-state index >= 15 is 0 Å². The van der Waals surface area contributed by atoms with Gasteiger partial charge in [0.25, 0.3) is 0 Å². The molecule has 25 heavy (non-hydrogen) atoms. The lowest BCUT2D eigenvalue weighted by Gasteiger charge is -2.19. The van der Waals surface area contributed by atoms with Crippen molar-refractivity contribution in [1.82, 2.24) is 0 Å². The summed E-state index contributed by atoms with van der Waals surface area (Å²) >= 11 is 9.46. The summed E-state index contributed by atoms with van der Waals surface area (Å²) < 4.78 is 6.14. The zero-order valence-corrected chi connectivity index (χ0v) is 15.8. The molecule has 2 amide bonds. The summed E-state index contributed by atoms with van der Waals surface area (Å²) in [5.41, 5.74) is 1.20. The first-order valence-corrected chi connectivity index (χ1v) is 8.86. The van der Waals surface area contributed by atoms with Crippen LogP contribution in [0.3, 0.4) is 0 Å². The van der Waals surface area contributed by atoms with E-state index in [9.17, 15) is 9.59 Å². The van der Waals surface area contributed by atoms with Crippen LogP contribution in [0.5, 0.6) is 5.75 Å². The molecule has 0 spiro atoms. The first kappa shape index (κ1) is 17.8. The van der Waals surface area contributed by atoms with Gasteiger partial charge in [0.1, 0.15) is 5.75 Å². The summed E-state index contributed by atoms with van der Waals surface area (Å²) in [7, 11) is 1.55. The Morgan fingerprint density at radius 2 is 2.08 bits per heavy atom. The fraction of sp³-hybridized carbons (Fsp3) is 0.222. The van der Waals surface area contributed by atoms with Gasteiger partial charge >= 0.3 is 0 Å². The summed E-state index contributed by atoms with van der Waals surface area (Å²) in [5.74, 6) is -0.175. The molecular weight excluding hydrogens is 408 g/mol. The van der Waals surface area contributed by atoms with Crippen LogP contribution in [0.25, 0.3) is 0 Å². The zero-order chi connectivity index (χ0) is 18.0. The third kappa shape index (κ3) is 3.80. The summed E-state index contributed by atoms with van der Waals surface area (Å²) in [6.07, 6.45) is 0.151. The first-order valence-electron chi connectivity index (χ1n) is 7.69.